The highest BCUT2D eigenvalue weighted by atomic mass is 79.9. The van der Waals surface area contributed by atoms with E-state index in [-0.39, 0.29) is 16.6 Å². The van der Waals surface area contributed by atoms with E-state index in [2.05, 4.69) is 26.1 Å². The summed E-state index contributed by atoms with van der Waals surface area (Å²) in [7, 11) is -3.81. The maximum absolute atomic E-state index is 11.7. The summed E-state index contributed by atoms with van der Waals surface area (Å²) in [4.78, 5) is 11.7. The van der Waals surface area contributed by atoms with Gasteiger partial charge in [-0.1, -0.05) is 39.8 Å². The second kappa shape index (κ2) is 9.08. The predicted molar refractivity (Wildman–Crippen MR) is 113 cm³/mol. The summed E-state index contributed by atoms with van der Waals surface area (Å²) in [6.45, 7) is 2.04. The molecule has 0 unspecified atom stereocenters. The Balaban J connectivity index is 2.04. The van der Waals surface area contributed by atoms with E-state index in [1.54, 1.807) is 23.6 Å². The van der Waals surface area contributed by atoms with E-state index in [0.29, 0.717) is 23.3 Å². The van der Waals surface area contributed by atoms with Crippen molar-refractivity contribution in [1.82, 2.24) is 14.8 Å². The molecule has 3 rings (SSSR count). The molecule has 0 saturated carbocycles. The monoisotopic (exact) mass is 496 g/mol. The second-order valence-corrected chi connectivity index (χ2v) is 9.20. The Morgan fingerprint density at radius 1 is 1.14 bits per heavy atom. The van der Waals surface area contributed by atoms with Gasteiger partial charge in [-0.3, -0.25) is 9.36 Å². The number of primary sulfonamides is 1. The molecule has 0 aliphatic carbocycles. The number of hydrogen-bond acceptors (Lipinski definition) is 7. The first kappa shape index (κ1) is 21.5. The highest BCUT2D eigenvalue weighted by Gasteiger charge is 2.18. The fourth-order valence-electron chi connectivity index (χ4n) is 2.49. The minimum absolute atomic E-state index is 0.000225. The number of esters is 1. The van der Waals surface area contributed by atoms with Gasteiger partial charge in [0.15, 0.2) is 11.0 Å². The summed E-state index contributed by atoms with van der Waals surface area (Å²) in [6, 6.07) is 13.6. The van der Waals surface area contributed by atoms with Crippen molar-refractivity contribution in [2.24, 2.45) is 5.14 Å². The Hall–Kier alpha value is -2.21. The van der Waals surface area contributed by atoms with E-state index in [1.807, 2.05) is 24.3 Å². The molecule has 2 aromatic carbocycles. The van der Waals surface area contributed by atoms with Crippen LogP contribution >= 0.6 is 27.7 Å². The summed E-state index contributed by atoms with van der Waals surface area (Å²) in [6.07, 6.45) is 0. The number of hydrogen-bond donors (Lipinski definition) is 1. The van der Waals surface area contributed by atoms with E-state index in [1.165, 1.54) is 23.9 Å². The van der Waals surface area contributed by atoms with Gasteiger partial charge in [-0.2, -0.15) is 0 Å². The molecule has 1 heterocycles. The number of nitrogens with two attached hydrogens (primary N) is 1. The normalized spacial score (nSPS) is 11.4. The van der Waals surface area contributed by atoms with Crippen LogP contribution in [0.15, 0.2) is 63.1 Å². The zero-order valence-corrected chi connectivity index (χ0v) is 18.5. The topological polar surface area (TPSA) is 117 Å². The first-order valence-electron chi connectivity index (χ1n) is 8.42. The standard InChI is InChI=1S/C18H17BrN4O4S2/c1-2-27-16(24)11-28-18-22-21-17(12-3-5-13(19)6-4-12)23(18)14-7-9-15(10-8-14)29(20,25)26/h3-10H,2,11H2,1H3,(H2,20,25,26). The molecule has 1 aromatic heterocycles. The van der Waals surface area contributed by atoms with Gasteiger partial charge in [-0.15, -0.1) is 10.2 Å². The van der Waals surface area contributed by atoms with Crippen LogP contribution in [0.5, 0.6) is 0 Å². The smallest absolute Gasteiger partial charge is 0.316 e. The molecule has 0 aliphatic heterocycles. The molecule has 8 nitrogen and oxygen atoms in total. The number of aromatic nitrogens is 3. The lowest BCUT2D eigenvalue weighted by molar-refractivity contribution is -0.139. The Morgan fingerprint density at radius 2 is 1.79 bits per heavy atom. The lowest BCUT2D eigenvalue weighted by Crippen LogP contribution is -2.12. The highest BCUT2D eigenvalue weighted by Crippen LogP contribution is 2.29. The summed E-state index contributed by atoms with van der Waals surface area (Å²) >= 11 is 4.58. The maximum atomic E-state index is 11.7. The van der Waals surface area contributed by atoms with Crippen LogP contribution in [0, 0.1) is 0 Å². The van der Waals surface area contributed by atoms with Gasteiger partial charge in [-0.25, -0.2) is 13.6 Å². The third-order valence-corrected chi connectivity index (χ3v) is 6.14. The number of ether oxygens (including phenoxy) is 1. The zero-order chi connectivity index (χ0) is 21.0. The number of thioether (sulfide) groups is 1. The molecule has 152 valence electrons. The maximum Gasteiger partial charge on any atom is 0.316 e. The molecule has 0 aliphatic rings. The van der Waals surface area contributed by atoms with Crippen LogP contribution in [-0.2, 0) is 19.6 Å². The minimum atomic E-state index is -3.81. The lowest BCUT2D eigenvalue weighted by atomic mass is 10.2. The average molecular weight is 497 g/mol. The molecule has 3 aromatic rings. The largest absolute Gasteiger partial charge is 0.465 e. The van der Waals surface area contributed by atoms with Gasteiger partial charge in [0.1, 0.15) is 0 Å². The van der Waals surface area contributed by atoms with Crippen molar-refractivity contribution in [2.75, 3.05) is 12.4 Å². The molecular formula is C18H17BrN4O4S2. The average Bonchev–Trinajstić information content (AvgIpc) is 3.10. The van der Waals surface area contributed by atoms with Crippen molar-refractivity contribution in [3.63, 3.8) is 0 Å². The molecular weight excluding hydrogens is 480 g/mol. The second-order valence-electron chi connectivity index (χ2n) is 5.78. The van der Waals surface area contributed by atoms with Crippen LogP contribution in [0.4, 0.5) is 0 Å². The fraction of sp³-hybridized carbons (Fsp3) is 0.167. The molecule has 0 bridgehead atoms. The predicted octanol–water partition coefficient (Wildman–Crippen LogP) is 3.00. The third-order valence-electron chi connectivity index (χ3n) is 3.78. The van der Waals surface area contributed by atoms with Gasteiger partial charge < -0.3 is 4.74 Å². The number of rotatable bonds is 7. The summed E-state index contributed by atoms with van der Waals surface area (Å²) < 4.78 is 30.7. The van der Waals surface area contributed by atoms with Gasteiger partial charge >= 0.3 is 5.97 Å². The number of carbonyl (C=O) groups excluding carboxylic acids is 1. The van der Waals surface area contributed by atoms with Crippen LogP contribution < -0.4 is 5.14 Å². The van der Waals surface area contributed by atoms with E-state index < -0.39 is 10.0 Å². The van der Waals surface area contributed by atoms with Gasteiger partial charge in [0.2, 0.25) is 10.0 Å². The van der Waals surface area contributed by atoms with Gasteiger partial charge in [-0.05, 0) is 43.3 Å². The molecule has 2 N–H and O–H groups in total. The number of benzene rings is 2. The fourth-order valence-corrected chi connectivity index (χ4v) is 4.02. The van der Waals surface area contributed by atoms with Crippen LogP contribution in [0.1, 0.15) is 6.92 Å². The number of carbonyl (C=O) groups is 1. The Morgan fingerprint density at radius 3 is 2.38 bits per heavy atom. The number of halogens is 1. The van der Waals surface area contributed by atoms with Gasteiger partial charge in [0, 0.05) is 15.7 Å². The summed E-state index contributed by atoms with van der Waals surface area (Å²) in [5.41, 5.74) is 1.44. The van der Waals surface area contributed by atoms with Gasteiger partial charge in [0.25, 0.3) is 0 Å². The van der Waals surface area contributed by atoms with Crippen LogP contribution in [0.3, 0.4) is 0 Å². The van der Waals surface area contributed by atoms with Gasteiger partial charge in [0.05, 0.1) is 17.3 Å². The Labute approximate surface area is 180 Å². The van der Waals surface area contributed by atoms with Crippen molar-refractivity contribution in [3.8, 4) is 17.1 Å². The van der Waals surface area contributed by atoms with Crippen molar-refractivity contribution >= 4 is 43.7 Å². The Bertz CT molecular complexity index is 1110. The van der Waals surface area contributed by atoms with Crippen molar-refractivity contribution in [1.29, 1.82) is 0 Å². The minimum Gasteiger partial charge on any atom is -0.465 e. The molecule has 11 heteroatoms. The van der Waals surface area contributed by atoms with E-state index in [0.717, 1.165) is 10.0 Å². The SMILES string of the molecule is CCOC(=O)CSc1nnc(-c2ccc(Br)cc2)n1-c1ccc(S(N)(=O)=O)cc1. The Kier molecular flexibility index (Phi) is 6.73. The summed E-state index contributed by atoms with van der Waals surface area (Å²) in [5.74, 6) is 0.260. The molecule has 0 saturated heterocycles. The van der Waals surface area contributed by atoms with Crippen LogP contribution in [-0.4, -0.2) is 41.5 Å². The highest BCUT2D eigenvalue weighted by molar-refractivity contribution is 9.10. The number of nitrogens with zero attached hydrogens (tertiary/aromatic N) is 3. The molecule has 0 spiro atoms. The van der Waals surface area contributed by atoms with Crippen molar-refractivity contribution < 1.29 is 17.9 Å². The lowest BCUT2D eigenvalue weighted by Gasteiger charge is -2.11. The quantitative estimate of drug-likeness (QED) is 0.394. The van der Waals surface area contributed by atoms with E-state index in [4.69, 9.17) is 9.88 Å². The van der Waals surface area contributed by atoms with E-state index >= 15 is 0 Å². The van der Waals surface area contributed by atoms with Crippen LogP contribution in [0.25, 0.3) is 17.1 Å². The molecule has 0 amide bonds. The molecule has 0 fully saturated rings. The van der Waals surface area contributed by atoms with E-state index in [9.17, 15) is 13.2 Å². The molecule has 29 heavy (non-hydrogen) atoms. The first-order valence-corrected chi connectivity index (χ1v) is 11.7. The van der Waals surface area contributed by atoms with Crippen molar-refractivity contribution in [3.05, 3.63) is 53.0 Å². The summed E-state index contributed by atoms with van der Waals surface area (Å²) in [5, 5.41) is 14.1. The zero-order valence-electron chi connectivity index (χ0n) is 15.3. The molecule has 0 atom stereocenters. The number of sulfonamides is 1. The molecule has 0 radical (unpaired) electrons. The van der Waals surface area contributed by atoms with Crippen LogP contribution in [0.2, 0.25) is 0 Å². The third kappa shape index (κ3) is 5.24. The van der Waals surface area contributed by atoms with Crippen molar-refractivity contribution in [2.45, 2.75) is 17.0 Å². The first-order chi connectivity index (χ1) is 13.8.